The van der Waals surface area contributed by atoms with Gasteiger partial charge in [0.25, 0.3) is 10.0 Å². The molecule has 120 valence electrons. The van der Waals surface area contributed by atoms with Crippen molar-refractivity contribution < 1.29 is 8.42 Å². The van der Waals surface area contributed by atoms with Crippen LogP contribution >= 0.6 is 11.8 Å². The lowest BCUT2D eigenvalue weighted by atomic mass is 10.3. The van der Waals surface area contributed by atoms with Crippen molar-refractivity contribution in [3.63, 3.8) is 0 Å². The molecule has 1 saturated heterocycles. The van der Waals surface area contributed by atoms with Crippen molar-refractivity contribution >= 4 is 21.8 Å². The SMILES string of the molecule is CC(C)NCc1cn[nH]c1S(=O)(=O)N1CC(C)SC(C)C1. The maximum absolute atomic E-state index is 12.8. The molecule has 0 saturated carbocycles. The Labute approximate surface area is 131 Å². The van der Waals surface area contributed by atoms with E-state index in [0.717, 1.165) is 0 Å². The molecule has 2 unspecified atom stereocenters. The van der Waals surface area contributed by atoms with E-state index in [1.807, 2.05) is 25.6 Å². The summed E-state index contributed by atoms with van der Waals surface area (Å²) in [6.07, 6.45) is 1.59. The number of hydrogen-bond acceptors (Lipinski definition) is 5. The second kappa shape index (κ2) is 6.68. The number of thioether (sulfide) groups is 1. The minimum atomic E-state index is -3.50. The van der Waals surface area contributed by atoms with E-state index in [9.17, 15) is 8.42 Å². The van der Waals surface area contributed by atoms with Crippen LogP contribution < -0.4 is 5.32 Å². The fraction of sp³-hybridized carbons (Fsp3) is 0.769. The van der Waals surface area contributed by atoms with Gasteiger partial charge in [-0.1, -0.05) is 27.7 Å². The number of aromatic nitrogens is 2. The third-order valence-electron chi connectivity index (χ3n) is 3.36. The number of nitrogens with zero attached hydrogens (tertiary/aromatic N) is 2. The maximum atomic E-state index is 12.8. The number of aromatic amines is 1. The average Bonchev–Trinajstić information content (AvgIpc) is 2.84. The largest absolute Gasteiger partial charge is 0.310 e. The van der Waals surface area contributed by atoms with Crippen LogP contribution in [0, 0.1) is 0 Å². The third kappa shape index (κ3) is 4.00. The molecular formula is C13H24N4O2S2. The topological polar surface area (TPSA) is 78.1 Å². The summed E-state index contributed by atoms with van der Waals surface area (Å²) >= 11 is 1.83. The van der Waals surface area contributed by atoms with Crippen molar-refractivity contribution in [1.29, 1.82) is 0 Å². The second-order valence-electron chi connectivity index (χ2n) is 5.84. The van der Waals surface area contributed by atoms with E-state index in [-0.39, 0.29) is 5.03 Å². The van der Waals surface area contributed by atoms with E-state index in [1.165, 1.54) is 0 Å². The van der Waals surface area contributed by atoms with Gasteiger partial charge in [0.05, 0.1) is 6.20 Å². The van der Waals surface area contributed by atoms with Crippen LogP contribution in [-0.2, 0) is 16.6 Å². The van der Waals surface area contributed by atoms with E-state index in [4.69, 9.17) is 0 Å². The zero-order valence-electron chi connectivity index (χ0n) is 13.0. The zero-order chi connectivity index (χ0) is 15.6. The van der Waals surface area contributed by atoms with Crippen LogP contribution in [-0.4, -0.2) is 52.6 Å². The minimum absolute atomic E-state index is 0.224. The van der Waals surface area contributed by atoms with E-state index in [1.54, 1.807) is 10.5 Å². The Morgan fingerprint density at radius 3 is 2.62 bits per heavy atom. The van der Waals surface area contributed by atoms with Gasteiger partial charge >= 0.3 is 0 Å². The summed E-state index contributed by atoms with van der Waals surface area (Å²) < 4.78 is 27.2. The molecule has 0 aromatic carbocycles. The first-order chi connectivity index (χ1) is 9.80. The number of rotatable bonds is 5. The van der Waals surface area contributed by atoms with E-state index in [2.05, 4.69) is 29.4 Å². The third-order valence-corrected chi connectivity index (χ3v) is 6.44. The molecule has 2 heterocycles. The van der Waals surface area contributed by atoms with Crippen LogP contribution in [0.5, 0.6) is 0 Å². The molecule has 0 bridgehead atoms. The molecule has 1 aliphatic heterocycles. The summed E-state index contributed by atoms with van der Waals surface area (Å²) in [5.41, 5.74) is 0.697. The van der Waals surface area contributed by atoms with Crippen molar-refractivity contribution in [2.24, 2.45) is 0 Å². The highest BCUT2D eigenvalue weighted by Crippen LogP contribution is 2.29. The normalized spacial score (nSPS) is 24.6. The predicted octanol–water partition coefficient (Wildman–Crippen LogP) is 1.42. The smallest absolute Gasteiger partial charge is 0.260 e. The number of sulfonamides is 1. The molecule has 1 fully saturated rings. The molecule has 0 amide bonds. The first kappa shape index (κ1) is 16.8. The van der Waals surface area contributed by atoms with Gasteiger partial charge in [0, 0.05) is 41.7 Å². The van der Waals surface area contributed by atoms with Gasteiger partial charge in [-0.3, -0.25) is 5.10 Å². The lowest BCUT2D eigenvalue weighted by molar-refractivity contribution is 0.402. The van der Waals surface area contributed by atoms with Gasteiger partial charge in [-0.2, -0.15) is 21.2 Å². The van der Waals surface area contributed by atoms with Gasteiger partial charge in [0.2, 0.25) is 0 Å². The Balaban J connectivity index is 2.21. The van der Waals surface area contributed by atoms with E-state index < -0.39 is 10.0 Å². The Kier molecular flexibility index (Phi) is 5.34. The first-order valence-electron chi connectivity index (χ1n) is 7.22. The molecule has 8 heteroatoms. The number of H-pyrrole nitrogens is 1. The summed E-state index contributed by atoms with van der Waals surface area (Å²) in [5.74, 6) is 0. The van der Waals surface area contributed by atoms with Crippen LogP contribution in [0.3, 0.4) is 0 Å². The van der Waals surface area contributed by atoms with Gasteiger partial charge < -0.3 is 5.32 Å². The van der Waals surface area contributed by atoms with Crippen molar-refractivity contribution in [2.45, 2.75) is 55.8 Å². The molecule has 2 atom stereocenters. The van der Waals surface area contributed by atoms with Crippen LogP contribution in [0.1, 0.15) is 33.3 Å². The van der Waals surface area contributed by atoms with Crippen molar-refractivity contribution in [3.8, 4) is 0 Å². The molecule has 0 radical (unpaired) electrons. The molecule has 1 aromatic rings. The van der Waals surface area contributed by atoms with E-state index >= 15 is 0 Å². The molecule has 2 rings (SSSR count). The lowest BCUT2D eigenvalue weighted by Crippen LogP contribution is -2.44. The molecule has 6 nitrogen and oxygen atoms in total. The lowest BCUT2D eigenvalue weighted by Gasteiger charge is -2.33. The van der Waals surface area contributed by atoms with Gasteiger partial charge in [0.1, 0.15) is 0 Å². The molecule has 1 aromatic heterocycles. The van der Waals surface area contributed by atoms with Crippen molar-refractivity contribution in [3.05, 3.63) is 11.8 Å². The second-order valence-corrected chi connectivity index (χ2v) is 9.60. The van der Waals surface area contributed by atoms with Crippen molar-refractivity contribution in [1.82, 2.24) is 19.8 Å². The molecule has 1 aliphatic rings. The summed E-state index contributed by atoms with van der Waals surface area (Å²) in [4.78, 5) is 0. The maximum Gasteiger partial charge on any atom is 0.260 e. The number of nitrogens with one attached hydrogen (secondary N) is 2. The molecule has 0 spiro atoms. The summed E-state index contributed by atoms with van der Waals surface area (Å²) in [6, 6.07) is 0.293. The highest BCUT2D eigenvalue weighted by molar-refractivity contribution is 8.00. The standard InChI is InChI=1S/C13H24N4O2S2/c1-9(2)14-5-12-6-15-16-13(12)21(18,19)17-7-10(3)20-11(4)8-17/h6,9-11,14H,5,7-8H2,1-4H3,(H,15,16). The van der Waals surface area contributed by atoms with Crippen LogP contribution in [0.2, 0.25) is 0 Å². The highest BCUT2D eigenvalue weighted by Gasteiger charge is 2.34. The summed E-state index contributed by atoms with van der Waals surface area (Å²) in [7, 11) is -3.50. The quantitative estimate of drug-likeness (QED) is 0.853. The van der Waals surface area contributed by atoms with Crippen LogP contribution in [0.25, 0.3) is 0 Å². The molecule has 2 N–H and O–H groups in total. The Bertz CT molecular complexity index is 560. The minimum Gasteiger partial charge on any atom is -0.310 e. The fourth-order valence-corrected chi connectivity index (χ4v) is 5.65. The fourth-order valence-electron chi connectivity index (χ4n) is 2.42. The Hall–Kier alpha value is -0.570. The van der Waals surface area contributed by atoms with Gasteiger partial charge in [0.15, 0.2) is 5.03 Å². The molecule has 21 heavy (non-hydrogen) atoms. The molecular weight excluding hydrogens is 308 g/mol. The predicted molar refractivity (Wildman–Crippen MR) is 85.8 cm³/mol. The first-order valence-corrected chi connectivity index (χ1v) is 9.60. The van der Waals surface area contributed by atoms with Gasteiger partial charge in [-0.05, 0) is 0 Å². The van der Waals surface area contributed by atoms with Gasteiger partial charge in [-0.25, -0.2) is 8.42 Å². The molecule has 0 aliphatic carbocycles. The highest BCUT2D eigenvalue weighted by atomic mass is 32.2. The monoisotopic (exact) mass is 332 g/mol. The number of hydrogen-bond donors (Lipinski definition) is 2. The zero-order valence-corrected chi connectivity index (χ0v) is 14.6. The van der Waals surface area contributed by atoms with E-state index in [0.29, 0.717) is 41.7 Å². The van der Waals surface area contributed by atoms with Gasteiger partial charge in [-0.15, -0.1) is 0 Å². The van der Waals surface area contributed by atoms with Crippen LogP contribution in [0.4, 0.5) is 0 Å². The summed E-state index contributed by atoms with van der Waals surface area (Å²) in [6.45, 7) is 9.78. The summed E-state index contributed by atoms with van der Waals surface area (Å²) in [5, 5.41) is 10.7. The Morgan fingerprint density at radius 2 is 2.05 bits per heavy atom. The van der Waals surface area contributed by atoms with Crippen molar-refractivity contribution in [2.75, 3.05) is 13.1 Å². The van der Waals surface area contributed by atoms with Crippen LogP contribution in [0.15, 0.2) is 11.2 Å². The Morgan fingerprint density at radius 1 is 1.43 bits per heavy atom. The average molecular weight is 332 g/mol.